The molecule has 5 heteroatoms. The normalized spacial score (nSPS) is 11.1. The van der Waals surface area contributed by atoms with Gasteiger partial charge in [-0.3, -0.25) is 4.98 Å². The van der Waals surface area contributed by atoms with Crippen molar-refractivity contribution in [1.82, 2.24) is 4.98 Å². The molecular formula is C14H10F3NO. The Morgan fingerprint density at radius 2 is 1.89 bits per heavy atom. The molecule has 0 spiro atoms. The van der Waals surface area contributed by atoms with Gasteiger partial charge in [0.2, 0.25) is 0 Å². The molecule has 98 valence electrons. The minimum absolute atomic E-state index is 0.274. The van der Waals surface area contributed by atoms with Crippen molar-refractivity contribution in [3.05, 3.63) is 54.7 Å². The second-order valence-electron chi connectivity index (χ2n) is 3.72. The summed E-state index contributed by atoms with van der Waals surface area (Å²) in [5, 5.41) is 0. The molecule has 0 radical (unpaired) electrons. The van der Waals surface area contributed by atoms with Gasteiger partial charge in [0, 0.05) is 11.8 Å². The first kappa shape index (κ1) is 13.1. The van der Waals surface area contributed by atoms with E-state index in [4.69, 9.17) is 0 Å². The zero-order chi connectivity index (χ0) is 13.9. The van der Waals surface area contributed by atoms with Gasteiger partial charge in [0.1, 0.15) is 5.75 Å². The van der Waals surface area contributed by atoms with Gasteiger partial charge in [-0.2, -0.15) is 0 Å². The maximum Gasteiger partial charge on any atom is 0.573 e. The maximum absolute atomic E-state index is 12.3. The molecule has 1 aromatic heterocycles. The van der Waals surface area contributed by atoms with E-state index in [1.54, 1.807) is 24.3 Å². The van der Waals surface area contributed by atoms with Crippen LogP contribution in [-0.2, 0) is 0 Å². The second-order valence-corrected chi connectivity index (χ2v) is 3.72. The van der Waals surface area contributed by atoms with Crippen molar-refractivity contribution in [3.63, 3.8) is 0 Å². The molecule has 0 saturated heterocycles. The van der Waals surface area contributed by atoms with E-state index in [-0.39, 0.29) is 11.3 Å². The van der Waals surface area contributed by atoms with E-state index in [2.05, 4.69) is 16.3 Å². The fraction of sp³-hybridized carbons (Fsp3) is 0.0714. The van der Waals surface area contributed by atoms with Crippen LogP contribution in [0.1, 0.15) is 5.56 Å². The van der Waals surface area contributed by atoms with Crippen LogP contribution in [0.4, 0.5) is 13.2 Å². The molecule has 0 aliphatic carbocycles. The molecule has 1 heterocycles. The fourth-order valence-corrected chi connectivity index (χ4v) is 1.61. The summed E-state index contributed by atoms with van der Waals surface area (Å²) in [5.74, 6) is -0.274. The molecule has 2 nitrogen and oxygen atoms in total. The summed E-state index contributed by atoms with van der Waals surface area (Å²) < 4.78 is 41.0. The monoisotopic (exact) mass is 265 g/mol. The Balaban J connectivity index is 2.46. The molecule has 1 aromatic carbocycles. The van der Waals surface area contributed by atoms with Crippen LogP contribution in [0.25, 0.3) is 17.3 Å². The number of ether oxygens (including phenoxy) is 1. The lowest BCUT2D eigenvalue weighted by molar-refractivity contribution is -0.274. The Hall–Kier alpha value is -2.30. The minimum atomic E-state index is -4.73. The van der Waals surface area contributed by atoms with Crippen LogP contribution in [-0.4, -0.2) is 11.3 Å². The lowest BCUT2D eigenvalue weighted by Gasteiger charge is -2.12. The number of alkyl halides is 3. The summed E-state index contributed by atoms with van der Waals surface area (Å²) >= 11 is 0. The van der Waals surface area contributed by atoms with Gasteiger partial charge in [-0.15, -0.1) is 13.2 Å². The minimum Gasteiger partial charge on any atom is -0.405 e. The van der Waals surface area contributed by atoms with Crippen LogP contribution in [0, 0.1) is 0 Å². The lowest BCUT2D eigenvalue weighted by atomic mass is 10.1. The fourth-order valence-electron chi connectivity index (χ4n) is 1.61. The zero-order valence-electron chi connectivity index (χ0n) is 9.82. The van der Waals surface area contributed by atoms with E-state index in [0.29, 0.717) is 5.69 Å². The van der Waals surface area contributed by atoms with E-state index >= 15 is 0 Å². The molecule has 19 heavy (non-hydrogen) atoms. The Morgan fingerprint density at radius 1 is 1.16 bits per heavy atom. The Labute approximate surface area is 108 Å². The maximum atomic E-state index is 12.3. The topological polar surface area (TPSA) is 22.1 Å². The summed E-state index contributed by atoms with van der Waals surface area (Å²) in [7, 11) is 0. The first-order chi connectivity index (χ1) is 8.99. The van der Waals surface area contributed by atoms with Crippen molar-refractivity contribution in [1.29, 1.82) is 0 Å². The number of aromatic nitrogens is 1. The highest BCUT2D eigenvalue weighted by Crippen LogP contribution is 2.32. The Morgan fingerprint density at radius 3 is 2.58 bits per heavy atom. The number of benzene rings is 1. The van der Waals surface area contributed by atoms with E-state index in [0.717, 1.165) is 5.56 Å². The van der Waals surface area contributed by atoms with Gasteiger partial charge in [-0.25, -0.2) is 0 Å². The lowest BCUT2D eigenvalue weighted by Crippen LogP contribution is -2.17. The number of rotatable bonds is 3. The van der Waals surface area contributed by atoms with Crippen LogP contribution in [0.3, 0.4) is 0 Å². The standard InChI is InChI=1S/C14H10F3NO/c1-2-10-7-8-18-12(9-10)11-5-3-4-6-13(11)19-14(15,16)17/h2-9H,1H2. The second kappa shape index (κ2) is 5.14. The quantitative estimate of drug-likeness (QED) is 0.825. The molecule has 0 amide bonds. The van der Waals surface area contributed by atoms with Crippen molar-refractivity contribution in [3.8, 4) is 17.0 Å². The average molecular weight is 265 g/mol. The third-order valence-corrected chi connectivity index (χ3v) is 2.41. The van der Waals surface area contributed by atoms with Crippen molar-refractivity contribution >= 4 is 6.08 Å². The van der Waals surface area contributed by atoms with Gasteiger partial charge in [-0.05, 0) is 29.8 Å². The summed E-state index contributed by atoms with van der Waals surface area (Å²) in [6.45, 7) is 3.61. The number of para-hydroxylation sites is 1. The van der Waals surface area contributed by atoms with Gasteiger partial charge < -0.3 is 4.74 Å². The highest BCUT2D eigenvalue weighted by atomic mass is 19.4. The molecular weight excluding hydrogens is 255 g/mol. The van der Waals surface area contributed by atoms with E-state index in [9.17, 15) is 13.2 Å². The molecule has 0 saturated carbocycles. The van der Waals surface area contributed by atoms with Crippen molar-refractivity contribution in [2.24, 2.45) is 0 Å². The van der Waals surface area contributed by atoms with Gasteiger partial charge in [0.05, 0.1) is 5.69 Å². The molecule has 0 unspecified atom stereocenters. The Kier molecular flexibility index (Phi) is 3.55. The highest BCUT2D eigenvalue weighted by Gasteiger charge is 2.32. The predicted octanol–water partition coefficient (Wildman–Crippen LogP) is 4.29. The molecule has 0 aliphatic rings. The first-order valence-corrected chi connectivity index (χ1v) is 5.43. The number of pyridine rings is 1. The Bertz CT molecular complexity index is 593. The average Bonchev–Trinajstić information content (AvgIpc) is 2.37. The van der Waals surface area contributed by atoms with Gasteiger partial charge in [0.25, 0.3) is 0 Å². The SMILES string of the molecule is C=Cc1ccnc(-c2ccccc2OC(F)(F)F)c1. The zero-order valence-corrected chi connectivity index (χ0v) is 9.82. The van der Waals surface area contributed by atoms with Gasteiger partial charge >= 0.3 is 6.36 Å². The number of halogens is 3. The summed E-state index contributed by atoms with van der Waals surface area (Å²) in [6, 6.07) is 9.24. The third kappa shape index (κ3) is 3.34. The molecule has 0 bridgehead atoms. The molecule has 0 aliphatic heterocycles. The van der Waals surface area contributed by atoms with E-state index < -0.39 is 6.36 Å². The summed E-state index contributed by atoms with van der Waals surface area (Å²) in [6.07, 6.45) is -1.62. The van der Waals surface area contributed by atoms with Crippen LogP contribution < -0.4 is 4.74 Å². The van der Waals surface area contributed by atoms with Crippen molar-refractivity contribution < 1.29 is 17.9 Å². The van der Waals surface area contributed by atoms with Crippen molar-refractivity contribution in [2.75, 3.05) is 0 Å². The smallest absolute Gasteiger partial charge is 0.405 e. The number of hydrogen-bond donors (Lipinski definition) is 0. The van der Waals surface area contributed by atoms with E-state index in [1.165, 1.54) is 24.4 Å². The molecule has 0 atom stereocenters. The molecule has 2 aromatic rings. The molecule has 0 N–H and O–H groups in total. The van der Waals surface area contributed by atoms with Gasteiger partial charge in [-0.1, -0.05) is 24.8 Å². The van der Waals surface area contributed by atoms with Crippen molar-refractivity contribution in [2.45, 2.75) is 6.36 Å². The third-order valence-electron chi connectivity index (χ3n) is 2.41. The predicted molar refractivity (Wildman–Crippen MR) is 66.4 cm³/mol. The molecule has 0 fully saturated rings. The summed E-state index contributed by atoms with van der Waals surface area (Å²) in [5.41, 5.74) is 1.45. The first-order valence-electron chi connectivity index (χ1n) is 5.43. The van der Waals surface area contributed by atoms with Crippen LogP contribution in [0.15, 0.2) is 49.2 Å². The number of hydrogen-bond acceptors (Lipinski definition) is 2. The van der Waals surface area contributed by atoms with Crippen LogP contribution in [0.5, 0.6) is 5.75 Å². The van der Waals surface area contributed by atoms with Gasteiger partial charge in [0.15, 0.2) is 0 Å². The largest absolute Gasteiger partial charge is 0.573 e. The van der Waals surface area contributed by atoms with Crippen LogP contribution in [0.2, 0.25) is 0 Å². The van der Waals surface area contributed by atoms with E-state index in [1.807, 2.05) is 0 Å². The van der Waals surface area contributed by atoms with Crippen LogP contribution >= 0.6 is 0 Å². The number of nitrogens with zero attached hydrogens (tertiary/aromatic N) is 1. The highest BCUT2D eigenvalue weighted by molar-refractivity contribution is 5.69. The summed E-state index contributed by atoms with van der Waals surface area (Å²) in [4.78, 5) is 4.05. The molecule has 2 rings (SSSR count).